The van der Waals surface area contributed by atoms with Crippen LogP contribution < -0.4 is 9.47 Å². The first-order valence-electron chi connectivity index (χ1n) is 11.3. The smallest absolute Gasteiger partial charge is 0.347 e. The minimum atomic E-state index is -0.956. The van der Waals surface area contributed by atoms with E-state index >= 15 is 0 Å². The van der Waals surface area contributed by atoms with E-state index in [1.165, 1.54) is 50.6 Å². The van der Waals surface area contributed by atoms with Gasteiger partial charge in [0.25, 0.3) is 11.4 Å². The standard InChI is InChI=1S/C24H26N4O10/c1-5-19(23(29)35-3)37-21-9-7-17(27(31)32)11-15(21)13-25-26-14-16-12-18(28(33)34)8-10-22(16)38-20(6-2)24(30)36-4/h7-14,19-20H,5-6H2,1-4H3/b25-13+,26-14+. The van der Waals surface area contributed by atoms with Crippen LogP contribution in [0.4, 0.5) is 11.4 Å². The van der Waals surface area contributed by atoms with Crippen LogP contribution in [0.15, 0.2) is 46.6 Å². The van der Waals surface area contributed by atoms with Crippen molar-refractivity contribution in [3.63, 3.8) is 0 Å². The van der Waals surface area contributed by atoms with Crippen LogP contribution in [-0.4, -0.2) is 60.6 Å². The maximum absolute atomic E-state index is 11.9. The first-order chi connectivity index (χ1) is 18.1. The number of non-ortho nitro benzene ring substituents is 2. The number of carbonyl (C=O) groups is 2. The number of esters is 2. The number of nitro benzene ring substituents is 2. The van der Waals surface area contributed by atoms with Crippen molar-refractivity contribution in [1.29, 1.82) is 0 Å². The topological polar surface area (TPSA) is 182 Å². The van der Waals surface area contributed by atoms with Gasteiger partial charge in [-0.25, -0.2) is 9.59 Å². The number of ether oxygens (including phenoxy) is 4. The van der Waals surface area contributed by atoms with E-state index in [1.807, 2.05) is 0 Å². The molecule has 2 rings (SSSR count). The molecule has 38 heavy (non-hydrogen) atoms. The van der Waals surface area contributed by atoms with Crippen molar-refractivity contribution >= 4 is 35.7 Å². The molecule has 0 bridgehead atoms. The summed E-state index contributed by atoms with van der Waals surface area (Å²) >= 11 is 0. The summed E-state index contributed by atoms with van der Waals surface area (Å²) in [6.07, 6.45) is 0.955. The molecule has 0 aliphatic heterocycles. The van der Waals surface area contributed by atoms with Crippen molar-refractivity contribution in [1.82, 2.24) is 0 Å². The van der Waals surface area contributed by atoms with Gasteiger partial charge in [0.1, 0.15) is 11.5 Å². The molecule has 0 amide bonds. The highest BCUT2D eigenvalue weighted by Gasteiger charge is 2.22. The lowest BCUT2D eigenvalue weighted by molar-refractivity contribution is -0.385. The van der Waals surface area contributed by atoms with Gasteiger partial charge in [-0.2, -0.15) is 10.2 Å². The molecule has 0 saturated heterocycles. The van der Waals surface area contributed by atoms with Crippen molar-refractivity contribution < 1.29 is 38.4 Å². The summed E-state index contributed by atoms with van der Waals surface area (Å²) in [4.78, 5) is 45.1. The van der Waals surface area contributed by atoms with Gasteiger partial charge in [-0.1, -0.05) is 13.8 Å². The van der Waals surface area contributed by atoms with Gasteiger partial charge in [0.15, 0.2) is 12.2 Å². The van der Waals surface area contributed by atoms with Crippen LogP contribution in [0.2, 0.25) is 0 Å². The summed E-state index contributed by atoms with van der Waals surface area (Å²) in [6.45, 7) is 3.40. The first-order valence-corrected chi connectivity index (χ1v) is 11.3. The maximum Gasteiger partial charge on any atom is 0.347 e. The summed E-state index contributed by atoms with van der Waals surface area (Å²) < 4.78 is 20.7. The summed E-state index contributed by atoms with van der Waals surface area (Å²) in [7, 11) is 2.42. The van der Waals surface area contributed by atoms with Crippen molar-refractivity contribution in [2.24, 2.45) is 10.2 Å². The Balaban J connectivity index is 2.41. The third kappa shape index (κ3) is 7.81. The molecule has 14 nitrogen and oxygen atoms in total. The largest absolute Gasteiger partial charge is 0.478 e. The van der Waals surface area contributed by atoms with E-state index in [0.717, 1.165) is 12.4 Å². The Morgan fingerprint density at radius 3 is 1.45 bits per heavy atom. The van der Waals surface area contributed by atoms with E-state index in [9.17, 15) is 29.8 Å². The number of methoxy groups -OCH3 is 2. The minimum Gasteiger partial charge on any atom is -0.478 e. The average Bonchev–Trinajstić information content (AvgIpc) is 2.92. The molecule has 0 N–H and O–H groups in total. The van der Waals surface area contributed by atoms with Crippen LogP contribution in [0.5, 0.6) is 11.5 Å². The Labute approximate surface area is 217 Å². The number of nitro groups is 2. The number of rotatable bonds is 13. The van der Waals surface area contributed by atoms with Crippen LogP contribution in [0, 0.1) is 20.2 Å². The quantitative estimate of drug-likeness (QED) is 0.160. The lowest BCUT2D eigenvalue weighted by atomic mass is 10.2. The molecule has 2 aromatic rings. The lowest BCUT2D eigenvalue weighted by Crippen LogP contribution is -2.28. The van der Waals surface area contributed by atoms with Gasteiger partial charge < -0.3 is 18.9 Å². The van der Waals surface area contributed by atoms with Gasteiger partial charge in [-0.3, -0.25) is 20.2 Å². The van der Waals surface area contributed by atoms with E-state index in [4.69, 9.17) is 18.9 Å². The van der Waals surface area contributed by atoms with E-state index in [1.54, 1.807) is 13.8 Å². The Hall–Kier alpha value is -4.88. The molecule has 14 heteroatoms. The number of nitrogens with zero attached hydrogens (tertiary/aromatic N) is 4. The van der Waals surface area contributed by atoms with Crippen molar-refractivity contribution in [3.8, 4) is 11.5 Å². The van der Waals surface area contributed by atoms with Gasteiger partial charge in [-0.05, 0) is 25.0 Å². The highest BCUT2D eigenvalue weighted by Crippen LogP contribution is 2.26. The van der Waals surface area contributed by atoms with Gasteiger partial charge in [0.05, 0.1) is 36.5 Å². The molecule has 0 aromatic heterocycles. The number of benzene rings is 2. The zero-order chi connectivity index (χ0) is 28.2. The fraction of sp³-hybridized carbons (Fsp3) is 0.333. The summed E-state index contributed by atoms with van der Waals surface area (Å²) in [5.74, 6) is -1.00. The minimum absolute atomic E-state index is 0.120. The van der Waals surface area contributed by atoms with Gasteiger partial charge in [0, 0.05) is 35.4 Å². The van der Waals surface area contributed by atoms with E-state index in [0.29, 0.717) is 0 Å². The molecule has 0 spiro atoms. The maximum atomic E-state index is 11.9. The third-order valence-electron chi connectivity index (χ3n) is 5.08. The Bertz CT molecular complexity index is 1150. The predicted molar refractivity (Wildman–Crippen MR) is 135 cm³/mol. The molecule has 0 aliphatic rings. The molecule has 0 aliphatic carbocycles. The molecule has 2 unspecified atom stereocenters. The van der Waals surface area contributed by atoms with Crippen LogP contribution in [0.25, 0.3) is 0 Å². The SMILES string of the molecule is CCC(Oc1ccc([N+](=O)[O-])cc1/C=N/N=C/c1cc([N+](=O)[O-])ccc1OC(CC)C(=O)OC)C(=O)OC. The van der Waals surface area contributed by atoms with Crippen LogP contribution in [0.1, 0.15) is 37.8 Å². The van der Waals surface area contributed by atoms with Gasteiger partial charge >= 0.3 is 11.9 Å². The van der Waals surface area contributed by atoms with Crippen molar-refractivity contribution in [2.75, 3.05) is 14.2 Å². The van der Waals surface area contributed by atoms with E-state index in [2.05, 4.69) is 10.2 Å². The molecule has 0 saturated carbocycles. The van der Waals surface area contributed by atoms with Crippen molar-refractivity contribution in [3.05, 3.63) is 67.8 Å². The lowest BCUT2D eigenvalue weighted by Gasteiger charge is -2.16. The van der Waals surface area contributed by atoms with Crippen LogP contribution in [-0.2, 0) is 19.1 Å². The highest BCUT2D eigenvalue weighted by molar-refractivity contribution is 5.88. The third-order valence-corrected chi connectivity index (χ3v) is 5.08. The Kier molecular flexibility index (Phi) is 10.8. The molecule has 0 radical (unpaired) electrons. The molecule has 2 aromatic carbocycles. The molecule has 2 atom stereocenters. The molecular formula is C24H26N4O10. The Morgan fingerprint density at radius 1 is 0.789 bits per heavy atom. The second-order valence-electron chi connectivity index (χ2n) is 7.52. The fourth-order valence-corrected chi connectivity index (χ4v) is 3.07. The predicted octanol–water partition coefficient (Wildman–Crippen LogP) is 3.62. The van der Waals surface area contributed by atoms with Gasteiger partial charge in [-0.15, -0.1) is 0 Å². The van der Waals surface area contributed by atoms with E-state index < -0.39 is 34.0 Å². The zero-order valence-electron chi connectivity index (χ0n) is 21.1. The monoisotopic (exact) mass is 530 g/mol. The normalized spacial score (nSPS) is 12.6. The highest BCUT2D eigenvalue weighted by atomic mass is 16.6. The molecule has 0 fully saturated rings. The van der Waals surface area contributed by atoms with Crippen LogP contribution >= 0.6 is 0 Å². The number of hydrogen-bond donors (Lipinski definition) is 0. The summed E-state index contributed by atoms with van der Waals surface area (Å²) in [6, 6.07) is 7.42. The van der Waals surface area contributed by atoms with Gasteiger partial charge in [0.2, 0.25) is 0 Å². The summed E-state index contributed by atoms with van der Waals surface area (Å²) in [5, 5.41) is 30.2. The molecule has 0 heterocycles. The zero-order valence-corrected chi connectivity index (χ0v) is 21.1. The molecular weight excluding hydrogens is 504 g/mol. The van der Waals surface area contributed by atoms with E-state index in [-0.39, 0.29) is 46.8 Å². The average molecular weight is 530 g/mol. The number of carbonyl (C=O) groups excluding carboxylic acids is 2. The summed E-state index contributed by atoms with van der Waals surface area (Å²) in [5.41, 5.74) is -0.217. The first kappa shape index (κ1) is 29.4. The second kappa shape index (κ2) is 14.0. The fourth-order valence-electron chi connectivity index (χ4n) is 3.07. The number of hydrogen-bond acceptors (Lipinski definition) is 12. The van der Waals surface area contributed by atoms with Crippen LogP contribution in [0.3, 0.4) is 0 Å². The van der Waals surface area contributed by atoms with Crippen molar-refractivity contribution in [2.45, 2.75) is 38.9 Å². The molecule has 202 valence electrons. The second-order valence-corrected chi connectivity index (χ2v) is 7.52. The Morgan fingerprint density at radius 2 is 1.16 bits per heavy atom.